The van der Waals surface area contributed by atoms with E-state index in [1.165, 1.54) is 13.2 Å². The Hall–Kier alpha value is -5.12. The van der Waals surface area contributed by atoms with Crippen molar-refractivity contribution in [1.29, 1.82) is 0 Å². The van der Waals surface area contributed by atoms with Gasteiger partial charge in [0.15, 0.2) is 5.78 Å². The molecule has 44 heavy (non-hydrogen) atoms. The molecule has 2 fully saturated rings. The zero-order valence-electron chi connectivity index (χ0n) is 24.2. The number of piperidine rings is 1. The molecule has 1 spiro atoms. The number of aromatic carboxylic acids is 1. The van der Waals surface area contributed by atoms with Crippen LogP contribution in [0.3, 0.4) is 0 Å². The molecule has 0 bridgehead atoms. The summed E-state index contributed by atoms with van der Waals surface area (Å²) in [4.78, 5) is 52.5. The molecule has 1 aromatic heterocycles. The molecule has 7 rings (SSSR count). The Morgan fingerprint density at radius 3 is 2.43 bits per heavy atom. The number of carboxylic acids is 1. The number of primary amides is 1. The largest absolute Gasteiger partial charge is 0.496 e. The summed E-state index contributed by atoms with van der Waals surface area (Å²) in [5.41, 5.74) is 8.66. The van der Waals surface area contributed by atoms with Crippen LogP contribution in [0.15, 0.2) is 60.8 Å². The van der Waals surface area contributed by atoms with E-state index in [1.54, 1.807) is 41.4 Å². The lowest BCUT2D eigenvalue weighted by Gasteiger charge is -2.44. The fourth-order valence-corrected chi connectivity index (χ4v) is 6.56. The first-order valence-corrected chi connectivity index (χ1v) is 14.7. The summed E-state index contributed by atoms with van der Waals surface area (Å²) in [6, 6.07) is 15.7. The summed E-state index contributed by atoms with van der Waals surface area (Å²) in [5.74, 6) is -0.815. The number of carbonyl (C=O) groups excluding carboxylic acids is 3. The van der Waals surface area contributed by atoms with Crippen molar-refractivity contribution in [2.45, 2.75) is 43.7 Å². The average molecular weight is 594 g/mol. The molecule has 3 heterocycles. The molecule has 1 saturated carbocycles. The van der Waals surface area contributed by atoms with Crippen LogP contribution in [0.25, 0.3) is 22.0 Å². The zero-order valence-corrected chi connectivity index (χ0v) is 24.2. The third-order valence-electron chi connectivity index (χ3n) is 9.06. The van der Waals surface area contributed by atoms with Crippen LogP contribution in [0.4, 0.5) is 0 Å². The molecule has 10 heteroatoms. The predicted molar refractivity (Wildman–Crippen MR) is 162 cm³/mol. The third-order valence-corrected chi connectivity index (χ3v) is 9.06. The summed E-state index contributed by atoms with van der Waals surface area (Å²) in [6.45, 7) is 0.829. The summed E-state index contributed by atoms with van der Waals surface area (Å²) in [7, 11) is 1.51. The second-order valence-corrected chi connectivity index (χ2v) is 11.9. The van der Waals surface area contributed by atoms with Gasteiger partial charge in [-0.1, -0.05) is 18.2 Å². The molecule has 3 aliphatic rings. The van der Waals surface area contributed by atoms with Crippen LogP contribution in [0, 0.1) is 0 Å². The summed E-state index contributed by atoms with van der Waals surface area (Å²) in [5, 5.41) is 9.96. The molecule has 1 aliphatic carbocycles. The first kappa shape index (κ1) is 27.7. The Labute approximate surface area is 253 Å². The Morgan fingerprint density at radius 2 is 1.75 bits per heavy atom. The van der Waals surface area contributed by atoms with Gasteiger partial charge in [-0.2, -0.15) is 0 Å². The number of Topliss-reactive ketones (excluding diaryl/α,β-unsaturated/α-hetero) is 1. The quantitative estimate of drug-likeness (QED) is 0.317. The number of amides is 2. The highest BCUT2D eigenvalue weighted by Gasteiger charge is 2.44. The van der Waals surface area contributed by atoms with Crippen LogP contribution in [0.5, 0.6) is 11.5 Å². The van der Waals surface area contributed by atoms with E-state index in [9.17, 15) is 24.3 Å². The number of nitrogens with zero attached hydrogens (tertiary/aromatic N) is 2. The average Bonchev–Trinajstić information content (AvgIpc) is 3.79. The maximum Gasteiger partial charge on any atom is 0.335 e. The fourth-order valence-electron chi connectivity index (χ4n) is 6.56. The summed E-state index contributed by atoms with van der Waals surface area (Å²) < 4.78 is 14.1. The van der Waals surface area contributed by atoms with Gasteiger partial charge in [-0.25, -0.2) is 4.79 Å². The molecule has 4 aromatic rings. The molecular weight excluding hydrogens is 562 g/mol. The highest BCUT2D eigenvalue weighted by molar-refractivity contribution is 6.11. The van der Waals surface area contributed by atoms with Crippen molar-refractivity contribution in [3.63, 3.8) is 0 Å². The molecule has 0 radical (unpaired) electrons. The van der Waals surface area contributed by atoms with Gasteiger partial charge >= 0.3 is 5.97 Å². The molecule has 3 aromatic carbocycles. The van der Waals surface area contributed by atoms with Gasteiger partial charge < -0.3 is 29.8 Å². The number of carbonyl (C=O) groups is 4. The molecule has 10 nitrogen and oxygen atoms in total. The number of rotatable bonds is 6. The fraction of sp³-hybridized carbons (Fsp3) is 0.294. The first-order chi connectivity index (χ1) is 21.2. The van der Waals surface area contributed by atoms with E-state index < -0.39 is 17.5 Å². The molecule has 224 valence electrons. The van der Waals surface area contributed by atoms with Crippen molar-refractivity contribution in [2.24, 2.45) is 5.73 Å². The lowest BCUT2D eigenvalue weighted by atomic mass is 9.82. The number of ketones is 1. The third kappa shape index (κ3) is 4.67. The van der Waals surface area contributed by atoms with Crippen LogP contribution in [0.2, 0.25) is 0 Å². The van der Waals surface area contributed by atoms with Crippen molar-refractivity contribution in [2.75, 3.05) is 20.2 Å². The number of aromatic nitrogens is 1. The van der Waals surface area contributed by atoms with Gasteiger partial charge in [-0.3, -0.25) is 14.4 Å². The van der Waals surface area contributed by atoms with E-state index in [-0.39, 0.29) is 29.7 Å². The van der Waals surface area contributed by atoms with Gasteiger partial charge in [0.1, 0.15) is 17.1 Å². The molecule has 2 amide bonds. The number of ether oxygens (including phenoxy) is 2. The Morgan fingerprint density at radius 1 is 1.00 bits per heavy atom. The van der Waals surface area contributed by atoms with E-state index in [1.807, 2.05) is 22.8 Å². The van der Waals surface area contributed by atoms with Crippen molar-refractivity contribution in [1.82, 2.24) is 9.47 Å². The molecule has 3 N–H and O–H groups in total. The lowest BCUT2D eigenvalue weighted by molar-refractivity contribution is -0.00572. The minimum atomic E-state index is -1.01. The Bertz CT molecular complexity index is 1880. The first-order valence-electron chi connectivity index (χ1n) is 14.7. The maximum absolute atomic E-state index is 13.7. The normalized spacial score (nSPS) is 17.3. The highest BCUT2D eigenvalue weighted by Crippen LogP contribution is 2.43. The number of fused-ring (bicyclic) bond motifs is 2. The van der Waals surface area contributed by atoms with Gasteiger partial charge in [0.25, 0.3) is 11.8 Å². The minimum absolute atomic E-state index is 0.0384. The highest BCUT2D eigenvalue weighted by atomic mass is 16.5. The van der Waals surface area contributed by atoms with Crippen molar-refractivity contribution >= 4 is 34.5 Å². The van der Waals surface area contributed by atoms with Crippen molar-refractivity contribution in [3.8, 4) is 22.6 Å². The van der Waals surface area contributed by atoms with Gasteiger partial charge in [0.2, 0.25) is 0 Å². The van der Waals surface area contributed by atoms with Crippen LogP contribution in [0.1, 0.15) is 79.6 Å². The van der Waals surface area contributed by atoms with E-state index >= 15 is 0 Å². The van der Waals surface area contributed by atoms with Gasteiger partial charge in [0, 0.05) is 43.7 Å². The number of benzene rings is 3. The smallest absolute Gasteiger partial charge is 0.335 e. The van der Waals surface area contributed by atoms with Crippen LogP contribution in [-0.4, -0.2) is 63.9 Å². The van der Waals surface area contributed by atoms with E-state index in [0.717, 1.165) is 23.9 Å². The molecule has 1 saturated heterocycles. The number of likely N-dealkylation sites (tertiary alicyclic amines) is 1. The predicted octanol–water partition coefficient (Wildman–Crippen LogP) is 5.09. The standard InChI is InChI=1S/C34H31N3O7/c1-43-29-16-22(15-26-30(29)25(31(35)39)18-37(26)23-6-7-23)32(40)36-11-9-34(10-12-36)17-27(38)24-14-20(5-8-28(24)44-34)19-3-2-4-21(13-19)33(41)42/h2-5,8,13-16,18,23H,6-7,9-12,17H2,1H3,(H2,35,39)(H,41,42). The number of carboxylic acid groups (broad SMARTS) is 1. The Kier molecular flexibility index (Phi) is 6.46. The lowest BCUT2D eigenvalue weighted by Crippen LogP contribution is -2.52. The SMILES string of the molecule is COc1cc(C(=O)N2CCC3(CC2)CC(=O)c2cc(-c4cccc(C(=O)O)c4)ccc2O3)cc2c1c(C(N)=O)cn2C1CC1. The van der Waals surface area contributed by atoms with Crippen molar-refractivity contribution < 1.29 is 33.8 Å². The van der Waals surface area contributed by atoms with Crippen LogP contribution < -0.4 is 15.2 Å². The zero-order chi connectivity index (χ0) is 30.7. The molecule has 0 unspecified atom stereocenters. The number of hydrogen-bond donors (Lipinski definition) is 2. The van der Waals surface area contributed by atoms with Crippen LogP contribution >= 0.6 is 0 Å². The van der Waals surface area contributed by atoms with Gasteiger partial charge in [-0.15, -0.1) is 0 Å². The maximum atomic E-state index is 13.7. The molecular formula is C34H31N3O7. The molecule has 0 atom stereocenters. The topological polar surface area (TPSA) is 141 Å². The number of methoxy groups -OCH3 is 1. The van der Waals surface area contributed by atoms with Crippen LogP contribution in [-0.2, 0) is 0 Å². The van der Waals surface area contributed by atoms with Crippen molar-refractivity contribution in [3.05, 3.63) is 83.0 Å². The van der Waals surface area contributed by atoms with Gasteiger partial charge in [0.05, 0.1) is 41.1 Å². The number of hydrogen-bond acceptors (Lipinski definition) is 6. The summed E-state index contributed by atoms with van der Waals surface area (Å²) in [6.07, 6.45) is 4.95. The van der Waals surface area contributed by atoms with E-state index in [4.69, 9.17) is 15.2 Å². The second kappa shape index (κ2) is 10.3. The summed E-state index contributed by atoms with van der Waals surface area (Å²) >= 11 is 0. The molecule has 2 aliphatic heterocycles. The van der Waals surface area contributed by atoms with E-state index in [2.05, 4.69) is 0 Å². The minimum Gasteiger partial charge on any atom is -0.496 e. The van der Waals surface area contributed by atoms with Gasteiger partial charge in [-0.05, 0) is 60.4 Å². The monoisotopic (exact) mass is 593 g/mol. The van der Waals surface area contributed by atoms with E-state index in [0.29, 0.717) is 65.1 Å². The second-order valence-electron chi connectivity index (χ2n) is 11.9. The Balaban J connectivity index is 1.10. The number of nitrogens with two attached hydrogens (primary N) is 1.